The highest BCUT2D eigenvalue weighted by molar-refractivity contribution is 9.10. The van der Waals surface area contributed by atoms with E-state index >= 15 is 0 Å². The first-order valence-electron chi connectivity index (χ1n) is 6.30. The fourth-order valence-electron chi connectivity index (χ4n) is 1.71. The molecular weight excluding hydrogens is 344 g/mol. The number of rotatable bonds is 5. The van der Waals surface area contributed by atoms with Crippen LogP contribution in [0.3, 0.4) is 0 Å². The summed E-state index contributed by atoms with van der Waals surface area (Å²) in [5, 5.41) is 14.9. The Morgan fingerprint density at radius 1 is 1.40 bits per heavy atom. The predicted octanol–water partition coefficient (Wildman–Crippen LogP) is 4.21. The number of benzene rings is 1. The van der Waals surface area contributed by atoms with Gasteiger partial charge in [-0.1, -0.05) is 23.6 Å². The molecule has 0 amide bonds. The predicted molar refractivity (Wildman–Crippen MR) is 83.6 cm³/mol. The van der Waals surface area contributed by atoms with E-state index < -0.39 is 0 Å². The lowest BCUT2D eigenvalue weighted by atomic mass is 10.2. The Morgan fingerprint density at radius 2 is 2.15 bits per heavy atom. The summed E-state index contributed by atoms with van der Waals surface area (Å²) in [7, 11) is 0. The van der Waals surface area contributed by atoms with Gasteiger partial charge in [-0.3, -0.25) is 0 Å². The van der Waals surface area contributed by atoms with Crippen LogP contribution in [0.5, 0.6) is 0 Å². The molecule has 2 rings (SSSR count). The van der Waals surface area contributed by atoms with Crippen LogP contribution in [0.15, 0.2) is 21.0 Å². The normalized spacial score (nSPS) is 12.4. The summed E-state index contributed by atoms with van der Waals surface area (Å²) in [5.41, 5.74) is 1.78. The number of nitrogens with zero attached hydrogens (tertiary/aromatic N) is 2. The van der Waals surface area contributed by atoms with Crippen LogP contribution in [0.4, 0.5) is 11.7 Å². The number of anilines is 2. The maximum atomic E-state index is 6.11. The number of aryl methyl sites for hydroxylation is 1. The molecule has 0 fully saturated rings. The van der Waals surface area contributed by atoms with Crippen molar-refractivity contribution in [3.63, 3.8) is 0 Å². The molecule has 0 aliphatic rings. The average Bonchev–Trinajstić information content (AvgIpc) is 2.85. The second-order valence-electron chi connectivity index (χ2n) is 4.43. The topological polar surface area (TPSA) is 63.0 Å². The molecule has 2 aromatic rings. The largest absolute Gasteiger partial charge is 0.406 e. The minimum Gasteiger partial charge on any atom is -0.406 e. The van der Waals surface area contributed by atoms with Crippen LogP contribution in [0, 0.1) is 6.92 Å². The van der Waals surface area contributed by atoms with Crippen LogP contribution in [-0.2, 0) is 0 Å². The number of hydrogen-bond donors (Lipinski definition) is 2. The third kappa shape index (κ3) is 3.50. The van der Waals surface area contributed by atoms with Crippen molar-refractivity contribution in [1.29, 1.82) is 0 Å². The van der Waals surface area contributed by atoms with E-state index in [1.165, 1.54) is 0 Å². The average molecular weight is 360 g/mol. The van der Waals surface area contributed by atoms with Crippen molar-refractivity contribution in [3.8, 4) is 0 Å². The van der Waals surface area contributed by atoms with Gasteiger partial charge in [-0.05, 0) is 54.0 Å². The fourth-order valence-corrected chi connectivity index (χ4v) is 2.43. The quantitative estimate of drug-likeness (QED) is 0.837. The second kappa shape index (κ2) is 6.56. The molecule has 20 heavy (non-hydrogen) atoms. The smallest absolute Gasteiger partial charge is 0.320 e. The lowest BCUT2D eigenvalue weighted by Gasteiger charge is -2.08. The maximum absolute atomic E-state index is 6.11. The summed E-state index contributed by atoms with van der Waals surface area (Å²) in [6, 6.07) is 4.11. The molecule has 0 saturated heterocycles. The van der Waals surface area contributed by atoms with Crippen molar-refractivity contribution in [1.82, 2.24) is 15.5 Å². The molecular formula is C13H16BrClN4O. The van der Waals surface area contributed by atoms with Gasteiger partial charge in [-0.25, -0.2) is 0 Å². The molecule has 108 valence electrons. The molecule has 0 bridgehead atoms. The van der Waals surface area contributed by atoms with Gasteiger partial charge < -0.3 is 15.1 Å². The molecule has 0 aliphatic carbocycles. The van der Waals surface area contributed by atoms with Gasteiger partial charge >= 0.3 is 6.01 Å². The summed E-state index contributed by atoms with van der Waals surface area (Å²) in [6.45, 7) is 6.78. The molecule has 1 unspecified atom stereocenters. The first-order valence-corrected chi connectivity index (χ1v) is 7.47. The van der Waals surface area contributed by atoms with Crippen molar-refractivity contribution < 1.29 is 4.42 Å². The van der Waals surface area contributed by atoms with Crippen LogP contribution < -0.4 is 10.6 Å². The molecule has 0 spiro atoms. The zero-order chi connectivity index (χ0) is 14.7. The molecule has 1 aromatic heterocycles. The van der Waals surface area contributed by atoms with Crippen LogP contribution in [0.25, 0.3) is 0 Å². The highest BCUT2D eigenvalue weighted by Gasteiger charge is 2.14. The summed E-state index contributed by atoms with van der Waals surface area (Å²) < 4.78 is 6.46. The molecule has 5 nitrogen and oxygen atoms in total. The fraction of sp³-hybridized carbons (Fsp3) is 0.385. The van der Waals surface area contributed by atoms with E-state index in [4.69, 9.17) is 16.0 Å². The van der Waals surface area contributed by atoms with E-state index in [0.717, 1.165) is 22.3 Å². The van der Waals surface area contributed by atoms with Gasteiger partial charge in [-0.2, -0.15) is 0 Å². The maximum Gasteiger partial charge on any atom is 0.320 e. The minimum absolute atomic E-state index is 0.0214. The van der Waals surface area contributed by atoms with E-state index in [1.54, 1.807) is 0 Å². The Kier molecular flexibility index (Phi) is 5.01. The Hall–Kier alpha value is -1.11. The first-order chi connectivity index (χ1) is 9.51. The van der Waals surface area contributed by atoms with E-state index in [1.807, 2.05) is 32.9 Å². The SMILES string of the molecule is CCNC(C)c1nnc(Nc2cc(Cl)c(C)cc2Br)o1. The Labute approximate surface area is 131 Å². The monoisotopic (exact) mass is 358 g/mol. The third-order valence-corrected chi connectivity index (χ3v) is 3.87. The van der Waals surface area contributed by atoms with Gasteiger partial charge in [0.2, 0.25) is 5.89 Å². The van der Waals surface area contributed by atoms with Gasteiger partial charge in [0.05, 0.1) is 11.7 Å². The lowest BCUT2D eigenvalue weighted by Crippen LogP contribution is -2.17. The van der Waals surface area contributed by atoms with Crippen LogP contribution in [-0.4, -0.2) is 16.7 Å². The highest BCUT2D eigenvalue weighted by Crippen LogP contribution is 2.31. The zero-order valence-electron chi connectivity index (χ0n) is 11.5. The van der Waals surface area contributed by atoms with Gasteiger partial charge in [-0.15, -0.1) is 5.10 Å². The summed E-state index contributed by atoms with van der Waals surface area (Å²) >= 11 is 9.59. The first kappa shape index (κ1) is 15.3. The van der Waals surface area contributed by atoms with Crippen molar-refractivity contribution in [2.24, 2.45) is 0 Å². The van der Waals surface area contributed by atoms with Crippen molar-refractivity contribution >= 4 is 39.2 Å². The molecule has 0 saturated carbocycles. The molecule has 1 heterocycles. The third-order valence-electron chi connectivity index (χ3n) is 2.81. The van der Waals surface area contributed by atoms with Crippen molar-refractivity contribution in [2.75, 3.05) is 11.9 Å². The van der Waals surface area contributed by atoms with Crippen molar-refractivity contribution in [3.05, 3.63) is 33.1 Å². The standard InChI is InChI=1S/C13H16BrClN4O/c1-4-16-8(3)12-18-19-13(20-12)17-11-6-10(15)7(2)5-9(11)14/h5-6,8,16H,4H2,1-3H3,(H,17,19). The molecule has 0 radical (unpaired) electrons. The summed E-state index contributed by atoms with van der Waals surface area (Å²) in [4.78, 5) is 0. The van der Waals surface area contributed by atoms with Crippen LogP contribution in [0.2, 0.25) is 5.02 Å². The van der Waals surface area contributed by atoms with Gasteiger partial charge in [0.1, 0.15) is 0 Å². The van der Waals surface area contributed by atoms with Crippen molar-refractivity contribution in [2.45, 2.75) is 26.8 Å². The van der Waals surface area contributed by atoms with Gasteiger partial charge in [0.25, 0.3) is 0 Å². The Balaban J connectivity index is 2.16. The van der Waals surface area contributed by atoms with Gasteiger partial charge in [0, 0.05) is 9.50 Å². The molecule has 7 heteroatoms. The molecule has 2 N–H and O–H groups in total. The molecule has 1 atom stereocenters. The number of aromatic nitrogens is 2. The van der Waals surface area contributed by atoms with Crippen LogP contribution >= 0.6 is 27.5 Å². The number of hydrogen-bond acceptors (Lipinski definition) is 5. The van der Waals surface area contributed by atoms with Crippen LogP contribution in [0.1, 0.15) is 31.3 Å². The van der Waals surface area contributed by atoms with E-state index in [-0.39, 0.29) is 6.04 Å². The van der Waals surface area contributed by atoms with E-state index in [2.05, 4.69) is 36.8 Å². The summed E-state index contributed by atoms with van der Waals surface area (Å²) in [5.74, 6) is 0.545. The van der Waals surface area contributed by atoms with E-state index in [0.29, 0.717) is 16.9 Å². The molecule has 1 aromatic carbocycles. The Bertz CT molecular complexity index is 602. The molecule has 0 aliphatic heterocycles. The number of halogens is 2. The minimum atomic E-state index is 0.0214. The van der Waals surface area contributed by atoms with E-state index in [9.17, 15) is 0 Å². The lowest BCUT2D eigenvalue weighted by molar-refractivity contribution is 0.430. The number of nitrogens with one attached hydrogen (secondary N) is 2. The zero-order valence-corrected chi connectivity index (χ0v) is 13.8. The Morgan fingerprint density at radius 3 is 2.85 bits per heavy atom. The second-order valence-corrected chi connectivity index (χ2v) is 5.69. The summed E-state index contributed by atoms with van der Waals surface area (Å²) in [6.07, 6.45) is 0. The highest BCUT2D eigenvalue weighted by atomic mass is 79.9. The van der Waals surface area contributed by atoms with Gasteiger partial charge in [0.15, 0.2) is 0 Å².